The largest absolute Gasteiger partial charge is 0.380 e. The minimum absolute atomic E-state index is 0.0687. The average Bonchev–Trinajstić information content (AvgIpc) is 3.38. The summed E-state index contributed by atoms with van der Waals surface area (Å²) in [5.41, 5.74) is 12.6. The van der Waals surface area contributed by atoms with E-state index in [1.807, 2.05) is 23.6 Å². The van der Waals surface area contributed by atoms with Gasteiger partial charge >= 0.3 is 0 Å². The van der Waals surface area contributed by atoms with Crippen molar-refractivity contribution in [3.63, 3.8) is 0 Å². The van der Waals surface area contributed by atoms with E-state index in [4.69, 9.17) is 5.73 Å². The Bertz CT molecular complexity index is 1300. The number of carbonyl (C=O) groups is 2. The normalized spacial score (nSPS) is 10.5. The number of thiazole rings is 1. The molecule has 0 aliphatic carbocycles. The lowest BCUT2D eigenvalue weighted by atomic mass is 10.1. The lowest BCUT2D eigenvalue weighted by Gasteiger charge is -2.14. The Labute approximate surface area is 201 Å². The summed E-state index contributed by atoms with van der Waals surface area (Å²) >= 11 is 1.55. The molecule has 0 atom stereocenters. The second-order valence-corrected chi connectivity index (χ2v) is 8.53. The molecule has 2 amide bonds. The molecule has 34 heavy (non-hydrogen) atoms. The summed E-state index contributed by atoms with van der Waals surface area (Å²) in [5.74, 6) is -0.0967. The van der Waals surface area contributed by atoms with E-state index in [-0.39, 0.29) is 5.91 Å². The van der Waals surface area contributed by atoms with Gasteiger partial charge in [-0.25, -0.2) is 9.97 Å². The summed E-state index contributed by atoms with van der Waals surface area (Å²) in [5, 5.41) is 8.50. The first-order valence-corrected chi connectivity index (χ1v) is 11.4. The number of amides is 2. The Kier molecular flexibility index (Phi) is 6.84. The molecule has 0 saturated heterocycles. The van der Waals surface area contributed by atoms with Gasteiger partial charge in [-0.3, -0.25) is 9.59 Å². The number of pyridine rings is 1. The number of nitrogens with two attached hydrogens (primary N) is 1. The maximum Gasteiger partial charge on any atom is 0.253 e. The molecule has 2 aromatic carbocycles. The van der Waals surface area contributed by atoms with Crippen molar-refractivity contribution in [2.24, 2.45) is 5.73 Å². The van der Waals surface area contributed by atoms with Gasteiger partial charge in [-0.2, -0.15) is 0 Å². The Morgan fingerprint density at radius 1 is 1.06 bits per heavy atom. The Morgan fingerprint density at radius 2 is 1.85 bits per heavy atom. The standard InChI is InChI=1S/C25H24N6O2S/c1-31(2)25(33)17-6-8-19(9-7-17)30-23-11-21(20(13-28-23)24(26)32)27-12-16-4-3-5-18(10-16)22-14-34-15-29-22/h3-11,13-15H,12H2,1-2H3,(H2,26,32)(H2,27,28,30). The number of anilines is 3. The summed E-state index contributed by atoms with van der Waals surface area (Å²) in [7, 11) is 3.42. The van der Waals surface area contributed by atoms with E-state index in [0.717, 1.165) is 22.5 Å². The minimum Gasteiger partial charge on any atom is -0.380 e. The van der Waals surface area contributed by atoms with Gasteiger partial charge in [-0.05, 0) is 35.9 Å². The van der Waals surface area contributed by atoms with Crippen LogP contribution in [0.4, 0.5) is 17.2 Å². The number of nitrogens with zero attached hydrogens (tertiary/aromatic N) is 3. The van der Waals surface area contributed by atoms with Gasteiger partial charge in [0, 0.05) is 55.1 Å². The van der Waals surface area contributed by atoms with Crippen LogP contribution >= 0.6 is 11.3 Å². The van der Waals surface area contributed by atoms with Gasteiger partial charge in [0.2, 0.25) is 0 Å². The SMILES string of the molecule is CN(C)C(=O)c1ccc(Nc2cc(NCc3cccc(-c4cscn4)c3)c(C(N)=O)cn2)cc1. The first-order chi connectivity index (χ1) is 16.4. The van der Waals surface area contributed by atoms with E-state index in [1.54, 1.807) is 61.3 Å². The summed E-state index contributed by atoms with van der Waals surface area (Å²) in [6.07, 6.45) is 1.45. The summed E-state index contributed by atoms with van der Waals surface area (Å²) in [6, 6.07) is 16.9. The highest BCUT2D eigenvalue weighted by molar-refractivity contribution is 7.07. The van der Waals surface area contributed by atoms with Crippen LogP contribution in [0.1, 0.15) is 26.3 Å². The molecular weight excluding hydrogens is 448 g/mol. The van der Waals surface area contributed by atoms with Crippen LogP contribution in [0.25, 0.3) is 11.3 Å². The van der Waals surface area contributed by atoms with Crippen molar-refractivity contribution in [2.45, 2.75) is 6.54 Å². The molecule has 2 heterocycles. The fraction of sp³-hybridized carbons (Fsp3) is 0.120. The molecule has 172 valence electrons. The molecule has 4 aromatic rings. The second-order valence-electron chi connectivity index (χ2n) is 7.81. The maximum absolute atomic E-state index is 12.1. The summed E-state index contributed by atoms with van der Waals surface area (Å²) in [4.78, 5) is 34.2. The van der Waals surface area contributed by atoms with Crippen LogP contribution in [0, 0.1) is 0 Å². The van der Waals surface area contributed by atoms with Crippen LogP contribution in [0.3, 0.4) is 0 Å². The van der Waals surface area contributed by atoms with Gasteiger partial charge in [-0.1, -0.05) is 18.2 Å². The smallest absolute Gasteiger partial charge is 0.253 e. The average molecular weight is 473 g/mol. The van der Waals surface area contributed by atoms with Crippen LogP contribution in [-0.2, 0) is 6.54 Å². The van der Waals surface area contributed by atoms with Gasteiger partial charge in [0.15, 0.2) is 0 Å². The topological polar surface area (TPSA) is 113 Å². The van der Waals surface area contributed by atoms with E-state index < -0.39 is 5.91 Å². The van der Waals surface area contributed by atoms with E-state index >= 15 is 0 Å². The van der Waals surface area contributed by atoms with E-state index in [2.05, 4.69) is 26.7 Å². The Balaban J connectivity index is 1.51. The van der Waals surface area contributed by atoms with Crippen molar-refractivity contribution < 1.29 is 9.59 Å². The molecule has 0 saturated carbocycles. The number of benzene rings is 2. The molecule has 0 fully saturated rings. The van der Waals surface area contributed by atoms with E-state index in [0.29, 0.717) is 29.2 Å². The lowest BCUT2D eigenvalue weighted by Crippen LogP contribution is -2.21. The maximum atomic E-state index is 12.1. The van der Waals surface area contributed by atoms with Gasteiger partial charge in [0.1, 0.15) is 5.82 Å². The first-order valence-electron chi connectivity index (χ1n) is 10.5. The number of hydrogen-bond donors (Lipinski definition) is 3. The van der Waals surface area contributed by atoms with Crippen LogP contribution in [0.15, 0.2) is 71.7 Å². The minimum atomic E-state index is -0.565. The van der Waals surface area contributed by atoms with Gasteiger partial charge < -0.3 is 21.3 Å². The monoisotopic (exact) mass is 472 g/mol. The van der Waals surface area contributed by atoms with Crippen molar-refractivity contribution in [1.29, 1.82) is 0 Å². The predicted octanol–water partition coefficient (Wildman–Crippen LogP) is 4.36. The quantitative estimate of drug-likeness (QED) is 0.351. The highest BCUT2D eigenvalue weighted by atomic mass is 32.1. The Morgan fingerprint density at radius 3 is 2.53 bits per heavy atom. The molecule has 4 N–H and O–H groups in total. The molecule has 4 rings (SSSR count). The van der Waals surface area contributed by atoms with Crippen molar-refractivity contribution in [2.75, 3.05) is 24.7 Å². The molecule has 8 nitrogen and oxygen atoms in total. The van der Waals surface area contributed by atoms with E-state index in [9.17, 15) is 9.59 Å². The number of carbonyl (C=O) groups excluding carboxylic acids is 2. The molecule has 0 spiro atoms. The number of aromatic nitrogens is 2. The fourth-order valence-electron chi connectivity index (χ4n) is 3.36. The van der Waals surface area contributed by atoms with Crippen LogP contribution < -0.4 is 16.4 Å². The summed E-state index contributed by atoms with van der Waals surface area (Å²) < 4.78 is 0. The van der Waals surface area contributed by atoms with Gasteiger partial charge in [0.05, 0.1) is 22.5 Å². The highest BCUT2D eigenvalue weighted by Crippen LogP contribution is 2.24. The van der Waals surface area contributed by atoms with Gasteiger partial charge in [0.25, 0.3) is 11.8 Å². The molecule has 0 bridgehead atoms. The van der Waals surface area contributed by atoms with Crippen molar-refractivity contribution in [1.82, 2.24) is 14.9 Å². The van der Waals surface area contributed by atoms with Crippen LogP contribution in [0.2, 0.25) is 0 Å². The molecule has 9 heteroatoms. The lowest BCUT2D eigenvalue weighted by molar-refractivity contribution is 0.0827. The van der Waals surface area contributed by atoms with Crippen molar-refractivity contribution in [3.05, 3.63) is 88.4 Å². The molecule has 0 aliphatic rings. The fourth-order valence-corrected chi connectivity index (χ4v) is 3.92. The zero-order valence-electron chi connectivity index (χ0n) is 18.8. The molecule has 0 unspecified atom stereocenters. The van der Waals surface area contributed by atoms with Crippen molar-refractivity contribution >= 4 is 40.3 Å². The number of nitrogens with one attached hydrogen (secondary N) is 2. The van der Waals surface area contributed by atoms with Crippen LogP contribution in [-0.4, -0.2) is 40.8 Å². The second kappa shape index (κ2) is 10.1. The summed E-state index contributed by atoms with van der Waals surface area (Å²) in [6.45, 7) is 0.489. The zero-order valence-corrected chi connectivity index (χ0v) is 19.6. The Hall–Kier alpha value is -4.24. The molecule has 2 aromatic heterocycles. The number of hydrogen-bond acceptors (Lipinski definition) is 7. The van der Waals surface area contributed by atoms with Crippen molar-refractivity contribution in [3.8, 4) is 11.3 Å². The van der Waals surface area contributed by atoms with Gasteiger partial charge in [-0.15, -0.1) is 11.3 Å². The molecule has 0 aliphatic heterocycles. The third kappa shape index (κ3) is 5.38. The first kappa shape index (κ1) is 22.9. The van der Waals surface area contributed by atoms with Crippen LogP contribution in [0.5, 0.6) is 0 Å². The number of rotatable bonds is 8. The highest BCUT2D eigenvalue weighted by Gasteiger charge is 2.12. The molecular formula is C25H24N6O2S. The zero-order chi connectivity index (χ0) is 24.1. The molecule has 0 radical (unpaired) electrons. The third-order valence-electron chi connectivity index (χ3n) is 5.12. The predicted molar refractivity (Wildman–Crippen MR) is 135 cm³/mol. The third-order valence-corrected chi connectivity index (χ3v) is 5.70. The number of primary amides is 1. The van der Waals surface area contributed by atoms with E-state index in [1.165, 1.54) is 11.1 Å².